The molecule has 10 aromatic rings. The highest BCUT2D eigenvalue weighted by Gasteiger charge is 2.38. The van der Waals surface area contributed by atoms with E-state index in [0.717, 1.165) is 22.7 Å². The third-order valence-corrected chi connectivity index (χ3v) is 19.2. The SMILES string of the molecule is CC1(C)c2cc(/C=C/c3ccc4c(c3)-c3cc(/C=C/c5ccc6c(c5)C(C)(C)c5cc(N(c7ccccc7)c7ccccc7)ccc5-6)ccc3S4(C)C)ccc2-c2ccc(N(c3ccccc3)c3ccccc3)cc21. The number of hydrogen-bond acceptors (Lipinski definition) is 2. The van der Waals surface area contributed by atoms with Crippen molar-refractivity contribution in [2.24, 2.45) is 0 Å². The summed E-state index contributed by atoms with van der Waals surface area (Å²) >= 11 is 0. The normalized spacial score (nSPS) is 15.2. The minimum absolute atomic E-state index is 0.163. The number of hydrogen-bond donors (Lipinski definition) is 0. The van der Waals surface area contributed by atoms with Gasteiger partial charge in [-0.2, -0.15) is 10.0 Å². The summed E-state index contributed by atoms with van der Waals surface area (Å²) in [6.45, 7) is 9.51. The van der Waals surface area contributed by atoms with E-state index in [1.165, 1.54) is 99.1 Å². The lowest BCUT2D eigenvalue weighted by Gasteiger charge is -2.28. The van der Waals surface area contributed by atoms with E-state index in [-0.39, 0.29) is 10.8 Å². The second-order valence-electron chi connectivity index (χ2n) is 21.8. The number of rotatable bonds is 10. The molecular weight excluding hydrogens is 925 g/mol. The van der Waals surface area contributed by atoms with Crippen molar-refractivity contribution < 1.29 is 0 Å². The average molecular weight is 985 g/mol. The maximum Gasteiger partial charge on any atom is 0.0465 e. The number of benzene rings is 10. The summed E-state index contributed by atoms with van der Waals surface area (Å²) in [7, 11) is -1.16. The van der Waals surface area contributed by atoms with Gasteiger partial charge in [0.2, 0.25) is 0 Å². The molecule has 364 valence electrons. The summed E-state index contributed by atoms with van der Waals surface area (Å²) in [5.41, 5.74) is 24.9. The molecule has 10 aromatic carbocycles. The minimum atomic E-state index is -1.16. The van der Waals surface area contributed by atoms with E-state index in [2.05, 4.69) is 305 Å². The summed E-state index contributed by atoms with van der Waals surface area (Å²) in [6, 6.07) is 85.1. The van der Waals surface area contributed by atoms with Crippen LogP contribution in [0, 0.1) is 0 Å². The van der Waals surface area contributed by atoms with Crippen molar-refractivity contribution in [1.29, 1.82) is 0 Å². The lowest BCUT2D eigenvalue weighted by molar-refractivity contribution is 0.660. The molecule has 75 heavy (non-hydrogen) atoms. The molecular formula is C72H60N2S. The third-order valence-electron chi connectivity index (χ3n) is 16.3. The van der Waals surface area contributed by atoms with Crippen molar-refractivity contribution in [2.45, 2.75) is 48.3 Å². The molecule has 0 atom stereocenters. The van der Waals surface area contributed by atoms with Crippen LogP contribution in [0.3, 0.4) is 0 Å². The molecule has 0 saturated heterocycles. The Morgan fingerprint density at radius 1 is 0.280 bits per heavy atom. The minimum Gasteiger partial charge on any atom is -0.310 e. The van der Waals surface area contributed by atoms with Crippen LogP contribution >= 0.6 is 10.0 Å². The molecule has 0 bridgehead atoms. The highest BCUT2D eigenvalue weighted by molar-refractivity contribution is 8.33. The van der Waals surface area contributed by atoms with Gasteiger partial charge in [-0.3, -0.25) is 0 Å². The molecule has 0 spiro atoms. The lowest BCUT2D eigenvalue weighted by atomic mass is 9.81. The van der Waals surface area contributed by atoms with Crippen LogP contribution in [-0.4, -0.2) is 12.5 Å². The first-order valence-corrected chi connectivity index (χ1v) is 28.7. The summed E-state index contributed by atoms with van der Waals surface area (Å²) in [6.07, 6.45) is 14.1. The van der Waals surface area contributed by atoms with Crippen LogP contribution < -0.4 is 9.80 Å². The van der Waals surface area contributed by atoms with Crippen molar-refractivity contribution in [3.63, 3.8) is 0 Å². The summed E-state index contributed by atoms with van der Waals surface area (Å²) in [4.78, 5) is 7.65. The van der Waals surface area contributed by atoms with Crippen LogP contribution in [0.15, 0.2) is 240 Å². The van der Waals surface area contributed by atoms with Crippen molar-refractivity contribution in [1.82, 2.24) is 0 Å². The third kappa shape index (κ3) is 7.88. The van der Waals surface area contributed by atoms with Crippen LogP contribution in [0.2, 0.25) is 0 Å². The Kier molecular flexibility index (Phi) is 11.1. The standard InChI is InChI=1S/C72H60N2S/c1-71(2)65-45-51(31-37-59(65)61-39-35-57(47-67(61)71)73(53-19-11-7-12-20-53)54-21-13-8-14-22-54)29-27-49-33-41-69-63(43-49)64-44-50(34-42-70(64)75(69,5)6)28-30-52-32-38-60-62-40-36-58(48-68(62)72(3,4)66(60)46-52)74(55-23-15-9-16-24-55)56-25-17-10-18-26-56/h7-48H,1-6H3/b29-27+,30-28+. The van der Waals surface area contributed by atoms with E-state index in [9.17, 15) is 0 Å². The van der Waals surface area contributed by atoms with Crippen LogP contribution in [0.4, 0.5) is 34.1 Å². The van der Waals surface area contributed by atoms with Gasteiger partial charge in [0.15, 0.2) is 0 Å². The van der Waals surface area contributed by atoms with Crippen molar-refractivity contribution in [3.8, 4) is 33.4 Å². The molecule has 0 amide bonds. The molecule has 0 fully saturated rings. The van der Waals surface area contributed by atoms with Crippen LogP contribution in [-0.2, 0) is 10.8 Å². The second kappa shape index (κ2) is 17.9. The Hall–Kier alpha value is -8.37. The molecule has 1 heterocycles. The van der Waals surface area contributed by atoms with Gasteiger partial charge in [0.25, 0.3) is 0 Å². The van der Waals surface area contributed by atoms with Gasteiger partial charge in [-0.15, -0.1) is 0 Å². The first kappa shape index (κ1) is 46.4. The van der Waals surface area contributed by atoms with E-state index in [1.807, 2.05) is 0 Å². The predicted octanol–water partition coefficient (Wildman–Crippen LogP) is 20.0. The fraction of sp³-hybridized carbons (Fsp3) is 0.111. The zero-order valence-corrected chi connectivity index (χ0v) is 44.4. The largest absolute Gasteiger partial charge is 0.310 e. The highest BCUT2D eigenvalue weighted by Crippen LogP contribution is 2.67. The van der Waals surface area contributed by atoms with Gasteiger partial charge in [0, 0.05) is 54.7 Å². The van der Waals surface area contributed by atoms with Crippen LogP contribution in [0.25, 0.3) is 57.7 Å². The average Bonchev–Trinajstić information content (AvgIpc) is 3.94. The fourth-order valence-electron chi connectivity index (χ4n) is 12.3. The molecule has 0 unspecified atom stereocenters. The second-order valence-corrected chi connectivity index (χ2v) is 25.4. The topological polar surface area (TPSA) is 6.48 Å². The number of fused-ring (bicyclic) bond motifs is 9. The first-order chi connectivity index (χ1) is 36.4. The predicted molar refractivity (Wildman–Crippen MR) is 323 cm³/mol. The molecule has 0 saturated carbocycles. The van der Waals surface area contributed by atoms with E-state index in [1.54, 1.807) is 0 Å². The van der Waals surface area contributed by atoms with Gasteiger partial charge in [-0.05, 0) is 187 Å². The van der Waals surface area contributed by atoms with E-state index >= 15 is 0 Å². The Morgan fingerprint density at radius 2 is 0.560 bits per heavy atom. The maximum atomic E-state index is 2.45. The van der Waals surface area contributed by atoms with Gasteiger partial charge in [-0.1, -0.05) is 185 Å². The van der Waals surface area contributed by atoms with Crippen LogP contribution in [0.1, 0.15) is 72.2 Å². The molecule has 1 aliphatic heterocycles. The summed E-state index contributed by atoms with van der Waals surface area (Å²) < 4.78 is 0. The van der Waals surface area contributed by atoms with Crippen LogP contribution in [0.5, 0.6) is 0 Å². The van der Waals surface area contributed by atoms with E-state index in [0.29, 0.717) is 0 Å². The highest BCUT2D eigenvalue weighted by atomic mass is 32.3. The lowest BCUT2D eigenvalue weighted by Crippen LogP contribution is -2.16. The van der Waals surface area contributed by atoms with Gasteiger partial charge >= 0.3 is 0 Å². The summed E-state index contributed by atoms with van der Waals surface area (Å²) in [5, 5.41) is 0. The van der Waals surface area contributed by atoms with Gasteiger partial charge in [-0.25, -0.2) is 0 Å². The molecule has 2 nitrogen and oxygen atoms in total. The Balaban J connectivity index is 0.757. The van der Waals surface area contributed by atoms with Crippen molar-refractivity contribution >= 4 is 68.5 Å². The quantitative estimate of drug-likeness (QED) is 0.126. The zero-order valence-electron chi connectivity index (χ0n) is 43.6. The van der Waals surface area contributed by atoms with E-state index in [4.69, 9.17) is 0 Å². The molecule has 0 aromatic heterocycles. The monoisotopic (exact) mass is 984 g/mol. The number of nitrogens with zero attached hydrogens (tertiary/aromatic N) is 2. The fourth-order valence-corrected chi connectivity index (χ4v) is 14.8. The van der Waals surface area contributed by atoms with Crippen molar-refractivity contribution in [2.75, 3.05) is 22.3 Å². The molecule has 2 aliphatic carbocycles. The zero-order chi connectivity index (χ0) is 51.1. The van der Waals surface area contributed by atoms with Crippen molar-refractivity contribution in [3.05, 3.63) is 275 Å². The molecule has 3 heteroatoms. The Bertz CT molecular complexity index is 3570. The van der Waals surface area contributed by atoms with Gasteiger partial charge in [0.1, 0.15) is 0 Å². The summed E-state index contributed by atoms with van der Waals surface area (Å²) in [5.74, 6) is 0. The molecule has 3 aliphatic rings. The Labute approximate surface area is 445 Å². The molecule has 0 N–H and O–H groups in total. The number of para-hydroxylation sites is 4. The van der Waals surface area contributed by atoms with E-state index < -0.39 is 10.0 Å². The maximum absolute atomic E-state index is 2.45. The number of anilines is 6. The smallest absolute Gasteiger partial charge is 0.0465 e. The Morgan fingerprint density at radius 3 is 0.893 bits per heavy atom. The first-order valence-electron chi connectivity index (χ1n) is 26.2. The molecule has 13 rings (SSSR count). The van der Waals surface area contributed by atoms with Gasteiger partial charge in [0.05, 0.1) is 0 Å². The molecule has 0 radical (unpaired) electrons. The van der Waals surface area contributed by atoms with Gasteiger partial charge < -0.3 is 9.80 Å².